The van der Waals surface area contributed by atoms with E-state index in [9.17, 15) is 4.79 Å². The van der Waals surface area contributed by atoms with Gasteiger partial charge in [-0.2, -0.15) is 0 Å². The number of nitrogens with one attached hydrogen (secondary N) is 1. The van der Waals surface area contributed by atoms with Crippen molar-refractivity contribution < 1.29 is 9.53 Å². The molecule has 0 radical (unpaired) electrons. The lowest BCUT2D eigenvalue weighted by Gasteiger charge is -2.35. The predicted molar refractivity (Wildman–Crippen MR) is 80.4 cm³/mol. The SMILES string of the molecule is CCCCC1NC(CC(C)C)N(C2CCOCC2)C1=O. The van der Waals surface area contributed by atoms with E-state index in [4.69, 9.17) is 4.74 Å². The molecule has 1 N–H and O–H groups in total. The number of unbranched alkanes of at least 4 members (excludes halogenated alkanes) is 1. The van der Waals surface area contributed by atoms with Gasteiger partial charge in [0.25, 0.3) is 0 Å². The normalized spacial score (nSPS) is 28.6. The Bertz CT molecular complexity index is 314. The quantitative estimate of drug-likeness (QED) is 0.814. The zero-order valence-corrected chi connectivity index (χ0v) is 13.2. The monoisotopic (exact) mass is 282 g/mol. The lowest BCUT2D eigenvalue weighted by molar-refractivity contribution is -0.134. The van der Waals surface area contributed by atoms with Gasteiger partial charge in [-0.3, -0.25) is 10.1 Å². The van der Waals surface area contributed by atoms with E-state index in [1.54, 1.807) is 0 Å². The van der Waals surface area contributed by atoms with Gasteiger partial charge in [0.2, 0.25) is 5.91 Å². The summed E-state index contributed by atoms with van der Waals surface area (Å²) in [6.45, 7) is 8.23. The first-order valence-electron chi connectivity index (χ1n) is 8.29. The second-order valence-electron chi connectivity index (χ2n) is 6.60. The molecule has 0 spiro atoms. The van der Waals surface area contributed by atoms with Crippen LogP contribution in [-0.2, 0) is 9.53 Å². The van der Waals surface area contributed by atoms with E-state index < -0.39 is 0 Å². The average Bonchev–Trinajstić information content (AvgIpc) is 2.73. The van der Waals surface area contributed by atoms with Crippen molar-refractivity contribution in [1.82, 2.24) is 10.2 Å². The molecule has 116 valence electrons. The van der Waals surface area contributed by atoms with Crippen molar-refractivity contribution in [2.45, 2.75) is 77.5 Å². The predicted octanol–water partition coefficient (Wildman–Crippen LogP) is 2.53. The summed E-state index contributed by atoms with van der Waals surface area (Å²) in [7, 11) is 0. The van der Waals surface area contributed by atoms with Crippen LogP contribution < -0.4 is 5.32 Å². The maximum atomic E-state index is 12.7. The van der Waals surface area contributed by atoms with E-state index in [1.807, 2.05) is 0 Å². The molecular formula is C16H30N2O2. The van der Waals surface area contributed by atoms with Crippen molar-refractivity contribution in [1.29, 1.82) is 0 Å². The van der Waals surface area contributed by atoms with E-state index in [0.717, 1.165) is 51.7 Å². The molecular weight excluding hydrogens is 252 g/mol. The van der Waals surface area contributed by atoms with Crippen LogP contribution in [0, 0.1) is 5.92 Å². The number of rotatable bonds is 6. The van der Waals surface area contributed by atoms with Gasteiger partial charge in [-0.25, -0.2) is 0 Å². The molecule has 0 aromatic heterocycles. The molecule has 2 aliphatic rings. The van der Waals surface area contributed by atoms with Gasteiger partial charge in [-0.05, 0) is 31.6 Å². The molecule has 2 unspecified atom stereocenters. The first kappa shape index (κ1) is 15.8. The number of amides is 1. The minimum Gasteiger partial charge on any atom is -0.381 e. The standard InChI is InChI=1S/C16H30N2O2/c1-4-5-6-14-16(19)18(13-7-9-20-10-8-13)15(17-14)11-12(2)3/h12-15,17H,4-11H2,1-3H3. The van der Waals surface area contributed by atoms with E-state index in [0.29, 0.717) is 17.9 Å². The molecule has 2 saturated heterocycles. The highest BCUT2D eigenvalue weighted by Crippen LogP contribution is 2.26. The van der Waals surface area contributed by atoms with Gasteiger partial charge in [0, 0.05) is 19.3 Å². The molecule has 1 amide bonds. The highest BCUT2D eigenvalue weighted by atomic mass is 16.5. The number of carbonyl (C=O) groups is 1. The zero-order chi connectivity index (χ0) is 14.5. The van der Waals surface area contributed by atoms with Crippen LogP contribution in [0.15, 0.2) is 0 Å². The summed E-state index contributed by atoms with van der Waals surface area (Å²) in [5, 5.41) is 3.59. The summed E-state index contributed by atoms with van der Waals surface area (Å²) < 4.78 is 5.44. The van der Waals surface area contributed by atoms with Gasteiger partial charge in [0.15, 0.2) is 0 Å². The molecule has 0 aromatic carbocycles. The fraction of sp³-hybridized carbons (Fsp3) is 0.938. The van der Waals surface area contributed by atoms with Crippen LogP contribution in [0.4, 0.5) is 0 Å². The molecule has 2 fully saturated rings. The van der Waals surface area contributed by atoms with Crippen molar-refractivity contribution in [3.8, 4) is 0 Å². The minimum atomic E-state index is 0.0431. The summed E-state index contributed by atoms with van der Waals surface area (Å²) in [5.74, 6) is 0.934. The maximum absolute atomic E-state index is 12.7. The largest absolute Gasteiger partial charge is 0.381 e. The highest BCUT2D eigenvalue weighted by Gasteiger charge is 2.42. The van der Waals surface area contributed by atoms with E-state index in [2.05, 4.69) is 31.0 Å². The molecule has 2 aliphatic heterocycles. The Kier molecular flexibility index (Phi) is 5.85. The number of nitrogens with zero attached hydrogens (tertiary/aromatic N) is 1. The highest BCUT2D eigenvalue weighted by molar-refractivity contribution is 5.84. The van der Waals surface area contributed by atoms with Crippen molar-refractivity contribution in [3.63, 3.8) is 0 Å². The molecule has 0 aromatic rings. The van der Waals surface area contributed by atoms with Crippen molar-refractivity contribution in [3.05, 3.63) is 0 Å². The Hall–Kier alpha value is -0.610. The zero-order valence-electron chi connectivity index (χ0n) is 13.2. The van der Waals surface area contributed by atoms with E-state index in [1.165, 1.54) is 0 Å². The molecule has 20 heavy (non-hydrogen) atoms. The van der Waals surface area contributed by atoms with Crippen molar-refractivity contribution in [2.75, 3.05) is 13.2 Å². The summed E-state index contributed by atoms with van der Waals surface area (Å²) in [6, 6.07) is 0.417. The van der Waals surface area contributed by atoms with Crippen LogP contribution in [0.25, 0.3) is 0 Å². The molecule has 4 nitrogen and oxygen atoms in total. The molecule has 4 heteroatoms. The third-order valence-electron chi connectivity index (χ3n) is 4.41. The molecule has 0 saturated carbocycles. The number of ether oxygens (including phenoxy) is 1. The number of carbonyl (C=O) groups excluding carboxylic acids is 1. The summed E-state index contributed by atoms with van der Waals surface area (Å²) in [5.41, 5.74) is 0. The number of hydrogen-bond donors (Lipinski definition) is 1. The Morgan fingerprint density at radius 1 is 1.35 bits per heavy atom. The fourth-order valence-corrected chi connectivity index (χ4v) is 3.36. The molecule has 0 bridgehead atoms. The number of hydrogen-bond acceptors (Lipinski definition) is 3. The van der Waals surface area contributed by atoms with Gasteiger partial charge in [-0.15, -0.1) is 0 Å². The van der Waals surface area contributed by atoms with Crippen LogP contribution in [0.1, 0.15) is 59.3 Å². The molecule has 2 rings (SSSR count). The topological polar surface area (TPSA) is 41.6 Å². The third kappa shape index (κ3) is 3.73. The summed E-state index contributed by atoms with van der Waals surface area (Å²) >= 11 is 0. The van der Waals surface area contributed by atoms with Gasteiger partial charge in [0.1, 0.15) is 0 Å². The second-order valence-corrected chi connectivity index (χ2v) is 6.60. The lowest BCUT2D eigenvalue weighted by Crippen LogP contribution is -2.47. The van der Waals surface area contributed by atoms with Crippen LogP contribution >= 0.6 is 0 Å². The molecule has 2 atom stereocenters. The molecule has 2 heterocycles. The molecule has 0 aliphatic carbocycles. The van der Waals surface area contributed by atoms with Gasteiger partial charge in [-0.1, -0.05) is 33.6 Å². The first-order valence-corrected chi connectivity index (χ1v) is 8.29. The Morgan fingerprint density at radius 3 is 2.65 bits per heavy atom. The van der Waals surface area contributed by atoms with E-state index >= 15 is 0 Å². The Morgan fingerprint density at radius 2 is 2.05 bits per heavy atom. The maximum Gasteiger partial charge on any atom is 0.241 e. The third-order valence-corrected chi connectivity index (χ3v) is 4.41. The fourth-order valence-electron chi connectivity index (χ4n) is 3.36. The Balaban J connectivity index is 2.04. The van der Waals surface area contributed by atoms with E-state index in [-0.39, 0.29) is 12.2 Å². The van der Waals surface area contributed by atoms with Crippen molar-refractivity contribution >= 4 is 5.91 Å². The van der Waals surface area contributed by atoms with Crippen LogP contribution in [0.3, 0.4) is 0 Å². The van der Waals surface area contributed by atoms with Crippen LogP contribution in [-0.4, -0.2) is 42.3 Å². The minimum absolute atomic E-state index is 0.0431. The lowest BCUT2D eigenvalue weighted by atomic mass is 10.0. The first-order chi connectivity index (χ1) is 9.63. The van der Waals surface area contributed by atoms with Crippen LogP contribution in [0.2, 0.25) is 0 Å². The second kappa shape index (κ2) is 7.41. The van der Waals surface area contributed by atoms with Crippen molar-refractivity contribution in [2.24, 2.45) is 5.92 Å². The van der Waals surface area contributed by atoms with Gasteiger partial charge >= 0.3 is 0 Å². The average molecular weight is 282 g/mol. The Labute approximate surface area is 123 Å². The summed E-state index contributed by atoms with van der Waals surface area (Å²) in [4.78, 5) is 14.9. The smallest absolute Gasteiger partial charge is 0.241 e. The summed E-state index contributed by atoms with van der Waals surface area (Å²) in [6.07, 6.45) is 6.50. The van der Waals surface area contributed by atoms with Gasteiger partial charge in [0.05, 0.1) is 12.2 Å². The van der Waals surface area contributed by atoms with Gasteiger partial charge < -0.3 is 9.64 Å². The van der Waals surface area contributed by atoms with Crippen LogP contribution in [0.5, 0.6) is 0 Å².